The van der Waals surface area contributed by atoms with E-state index in [4.69, 9.17) is 19.9 Å². The number of anilines is 1. The molecule has 1 fully saturated rings. The molecule has 2 N–H and O–H groups in total. The topological polar surface area (TPSA) is 57.0 Å². The fraction of sp³-hybridized carbons (Fsp3) is 0.355. The number of benzene rings is 3. The van der Waals surface area contributed by atoms with E-state index in [0.29, 0.717) is 45.5 Å². The zero-order chi connectivity index (χ0) is 28.6. The summed E-state index contributed by atoms with van der Waals surface area (Å²) in [6.07, 6.45) is 0.554. The van der Waals surface area contributed by atoms with Crippen molar-refractivity contribution in [3.05, 3.63) is 65.5 Å². The van der Waals surface area contributed by atoms with Crippen molar-refractivity contribution in [1.29, 1.82) is 0 Å². The Kier molecular flexibility index (Phi) is 7.88. The van der Waals surface area contributed by atoms with Crippen LogP contribution in [0.2, 0.25) is 0 Å². The Morgan fingerprint density at radius 2 is 1.85 bits per heavy atom. The van der Waals surface area contributed by atoms with Crippen molar-refractivity contribution in [2.24, 2.45) is 0 Å². The maximum Gasteiger partial charge on any atom is 0.169 e. The van der Waals surface area contributed by atoms with E-state index in [9.17, 15) is 8.78 Å². The molecular weight excluding hydrogens is 537 g/mol. The summed E-state index contributed by atoms with van der Waals surface area (Å²) in [5.74, 6) is 1.55. The van der Waals surface area contributed by atoms with E-state index in [0.717, 1.165) is 35.3 Å². The molecule has 4 aromatic rings. The average Bonchev–Trinajstić information content (AvgIpc) is 3.26. The molecule has 5 rings (SSSR count). The van der Waals surface area contributed by atoms with Gasteiger partial charge < -0.3 is 19.9 Å². The summed E-state index contributed by atoms with van der Waals surface area (Å²) in [5.41, 5.74) is 6.71. The number of likely N-dealkylation sites (tertiary alicyclic amines) is 1. The lowest BCUT2D eigenvalue weighted by Crippen LogP contribution is -2.53. The molecule has 9 heteroatoms. The first kappa shape index (κ1) is 28.1. The Balaban J connectivity index is 1.52. The van der Waals surface area contributed by atoms with Crippen molar-refractivity contribution in [1.82, 2.24) is 4.90 Å². The van der Waals surface area contributed by atoms with Crippen molar-refractivity contribution in [3.8, 4) is 33.4 Å². The van der Waals surface area contributed by atoms with Crippen molar-refractivity contribution < 1.29 is 27.4 Å². The van der Waals surface area contributed by atoms with Crippen molar-refractivity contribution in [3.63, 3.8) is 0 Å². The molecule has 1 aliphatic heterocycles. The van der Waals surface area contributed by atoms with E-state index < -0.39 is 11.5 Å². The highest BCUT2D eigenvalue weighted by molar-refractivity contribution is 7.23. The highest BCUT2D eigenvalue weighted by atomic mass is 32.1. The molecule has 40 heavy (non-hydrogen) atoms. The highest BCUT2D eigenvalue weighted by Crippen LogP contribution is 2.51. The van der Waals surface area contributed by atoms with Crippen LogP contribution in [0.15, 0.2) is 48.5 Å². The van der Waals surface area contributed by atoms with Gasteiger partial charge in [0.05, 0.1) is 18.7 Å². The van der Waals surface area contributed by atoms with Crippen LogP contribution in [0.5, 0.6) is 23.0 Å². The smallest absolute Gasteiger partial charge is 0.169 e. The van der Waals surface area contributed by atoms with Gasteiger partial charge in [0.1, 0.15) is 23.3 Å². The lowest BCUT2D eigenvalue weighted by atomic mass is 9.93. The summed E-state index contributed by atoms with van der Waals surface area (Å²) in [7, 11) is 1.55. The molecule has 1 aromatic heterocycles. The molecule has 0 bridgehead atoms. The van der Waals surface area contributed by atoms with Crippen LogP contribution < -0.4 is 19.9 Å². The number of alkyl halides is 2. The molecular formula is C31H33F3N2O3S. The van der Waals surface area contributed by atoms with Gasteiger partial charge in [-0.25, -0.2) is 8.78 Å². The molecule has 0 atom stereocenters. The zero-order valence-electron chi connectivity index (χ0n) is 23.0. The molecule has 3 aromatic carbocycles. The second-order valence-corrected chi connectivity index (χ2v) is 11.6. The minimum Gasteiger partial charge on any atom is -0.493 e. The fourth-order valence-corrected chi connectivity index (χ4v) is 6.22. The maximum absolute atomic E-state index is 15.3. The van der Waals surface area contributed by atoms with Crippen molar-refractivity contribution in [2.45, 2.75) is 39.0 Å². The van der Waals surface area contributed by atoms with Crippen LogP contribution in [0.4, 0.5) is 18.9 Å². The number of halogens is 3. The van der Waals surface area contributed by atoms with E-state index in [1.807, 2.05) is 25.1 Å². The van der Waals surface area contributed by atoms with Gasteiger partial charge in [-0.05, 0) is 69.2 Å². The number of thiophene rings is 1. The Labute approximate surface area is 236 Å². The summed E-state index contributed by atoms with van der Waals surface area (Å²) < 4.78 is 61.1. The van der Waals surface area contributed by atoms with Gasteiger partial charge in [0.25, 0.3) is 0 Å². The first-order chi connectivity index (χ1) is 19.1. The molecule has 0 radical (unpaired) electrons. The van der Waals surface area contributed by atoms with Crippen LogP contribution in [0.25, 0.3) is 20.5 Å². The summed E-state index contributed by atoms with van der Waals surface area (Å²) in [6.45, 7) is 6.65. The van der Waals surface area contributed by atoms with Gasteiger partial charge in [0.2, 0.25) is 0 Å². The van der Waals surface area contributed by atoms with Gasteiger partial charge in [0.15, 0.2) is 17.2 Å². The number of nitrogen functional groups attached to an aromatic ring is 1. The Hall–Kier alpha value is -3.43. The van der Waals surface area contributed by atoms with Crippen LogP contribution in [0.1, 0.15) is 31.4 Å². The van der Waals surface area contributed by atoms with Gasteiger partial charge >= 0.3 is 0 Å². The predicted octanol–water partition coefficient (Wildman–Crippen LogP) is 8.03. The molecule has 1 aliphatic rings. The van der Waals surface area contributed by atoms with E-state index in [1.54, 1.807) is 25.3 Å². The molecule has 0 unspecified atom stereocenters. The third-order valence-electron chi connectivity index (χ3n) is 7.15. The Bertz CT molecular complexity index is 1530. The van der Waals surface area contributed by atoms with Crippen LogP contribution in [-0.4, -0.2) is 44.4 Å². The number of methoxy groups -OCH3 is 1. The average molecular weight is 571 g/mol. The second kappa shape index (κ2) is 11.2. The minimum atomic E-state index is -1.79. The number of nitrogens with two attached hydrogens (primary N) is 1. The lowest BCUT2D eigenvalue weighted by Gasteiger charge is -2.38. The number of rotatable bonds is 10. The van der Waals surface area contributed by atoms with Crippen LogP contribution in [0, 0.1) is 12.7 Å². The summed E-state index contributed by atoms with van der Waals surface area (Å²) in [4.78, 5) is 2.81. The number of hydrogen-bond donors (Lipinski definition) is 1. The monoisotopic (exact) mass is 570 g/mol. The molecule has 0 amide bonds. The van der Waals surface area contributed by atoms with Crippen LogP contribution in [-0.2, 0) is 5.67 Å². The SMILES string of the molecule is COc1cc(OC2CN(CCCF)C2)ccc1Oc1c(-c2ccc(F)cc2C(C)(C)F)sc2c(C)c(N)ccc12. The van der Waals surface area contributed by atoms with Gasteiger partial charge in [-0.2, -0.15) is 0 Å². The molecule has 5 nitrogen and oxygen atoms in total. The fourth-order valence-electron chi connectivity index (χ4n) is 4.94. The van der Waals surface area contributed by atoms with E-state index >= 15 is 4.39 Å². The third-order valence-corrected chi connectivity index (χ3v) is 8.49. The van der Waals surface area contributed by atoms with Crippen LogP contribution in [0.3, 0.4) is 0 Å². The molecule has 0 aliphatic carbocycles. The number of nitrogens with zero attached hydrogens (tertiary/aromatic N) is 1. The summed E-state index contributed by atoms with van der Waals surface area (Å²) in [5, 5.41) is 0.809. The second-order valence-electron chi connectivity index (χ2n) is 10.5. The van der Waals surface area contributed by atoms with E-state index in [2.05, 4.69) is 4.90 Å². The molecule has 212 valence electrons. The van der Waals surface area contributed by atoms with E-state index in [-0.39, 0.29) is 18.3 Å². The Morgan fingerprint density at radius 3 is 2.55 bits per heavy atom. The molecule has 0 spiro atoms. The standard InChI is InChI=1S/C31H33F3N2O3S/c1-18-25(35)10-9-23-28(30(40-29(18)23)22-8-6-19(33)14-24(22)31(2,3)34)39-26-11-7-20(15-27(26)37-4)38-21-16-36(17-21)13-5-12-32/h6-11,14-15,21H,5,12-13,16-17,35H2,1-4H3. The summed E-state index contributed by atoms with van der Waals surface area (Å²) in [6, 6.07) is 13.2. The number of ether oxygens (including phenoxy) is 3. The maximum atomic E-state index is 15.3. The van der Waals surface area contributed by atoms with Crippen molar-refractivity contribution >= 4 is 27.1 Å². The number of aryl methyl sites for hydroxylation is 1. The van der Waals surface area contributed by atoms with Gasteiger partial charge in [-0.15, -0.1) is 11.3 Å². The molecule has 1 saturated heterocycles. The number of hydrogen-bond acceptors (Lipinski definition) is 6. The predicted molar refractivity (Wildman–Crippen MR) is 155 cm³/mol. The minimum absolute atomic E-state index is 0.0258. The summed E-state index contributed by atoms with van der Waals surface area (Å²) >= 11 is 1.43. The first-order valence-electron chi connectivity index (χ1n) is 13.2. The molecule has 2 heterocycles. The lowest BCUT2D eigenvalue weighted by molar-refractivity contribution is 0.0183. The third kappa shape index (κ3) is 5.58. The first-order valence-corrected chi connectivity index (χ1v) is 14.0. The molecule has 0 saturated carbocycles. The Morgan fingerprint density at radius 1 is 1.07 bits per heavy atom. The van der Waals surface area contributed by atoms with Gasteiger partial charge in [-0.3, -0.25) is 9.29 Å². The number of fused-ring (bicyclic) bond motifs is 1. The van der Waals surface area contributed by atoms with Gasteiger partial charge in [-0.1, -0.05) is 6.07 Å². The largest absolute Gasteiger partial charge is 0.493 e. The van der Waals surface area contributed by atoms with Crippen molar-refractivity contribution in [2.75, 3.05) is 39.2 Å². The quantitative estimate of drug-likeness (QED) is 0.196. The van der Waals surface area contributed by atoms with Gasteiger partial charge in [0, 0.05) is 52.6 Å². The van der Waals surface area contributed by atoms with Crippen LogP contribution >= 0.6 is 11.3 Å². The normalized spacial score (nSPS) is 14.4. The van der Waals surface area contributed by atoms with E-state index in [1.165, 1.54) is 37.3 Å². The zero-order valence-corrected chi connectivity index (χ0v) is 23.8. The highest BCUT2D eigenvalue weighted by Gasteiger charge is 2.30.